The minimum absolute atomic E-state index is 0.180. The van der Waals surface area contributed by atoms with E-state index in [1.54, 1.807) is 6.92 Å². The molecule has 1 atom stereocenters. The normalized spacial score (nSPS) is 19.6. The van der Waals surface area contributed by atoms with Crippen LogP contribution >= 0.6 is 11.6 Å². The van der Waals surface area contributed by atoms with Crippen molar-refractivity contribution in [1.82, 2.24) is 5.32 Å². The maximum absolute atomic E-state index is 11.1. The zero-order chi connectivity index (χ0) is 10.6. The Morgan fingerprint density at radius 3 is 2.64 bits per heavy atom. The van der Waals surface area contributed by atoms with Crippen molar-refractivity contribution in [2.75, 3.05) is 24.6 Å². The Morgan fingerprint density at radius 2 is 2.14 bits per heavy atom. The van der Waals surface area contributed by atoms with Crippen LogP contribution in [0.1, 0.15) is 19.8 Å². The molecule has 1 fully saturated rings. The molecular formula is C9H18ClNO2S. The number of sulfone groups is 1. The van der Waals surface area contributed by atoms with Gasteiger partial charge in [-0.2, -0.15) is 0 Å². The Hall–Kier alpha value is 0.200. The van der Waals surface area contributed by atoms with Crippen LogP contribution in [0.25, 0.3) is 0 Å². The Balaban J connectivity index is 2.04. The van der Waals surface area contributed by atoms with Gasteiger partial charge in [0.25, 0.3) is 0 Å². The fraction of sp³-hybridized carbons (Fsp3) is 1.00. The Labute approximate surface area is 91.1 Å². The average Bonchev–Trinajstić information content (AvgIpc) is 2.95. The van der Waals surface area contributed by atoms with Crippen molar-refractivity contribution < 1.29 is 8.42 Å². The van der Waals surface area contributed by atoms with Crippen LogP contribution in [-0.2, 0) is 9.84 Å². The van der Waals surface area contributed by atoms with E-state index in [0.717, 1.165) is 6.54 Å². The molecule has 0 heterocycles. The van der Waals surface area contributed by atoms with Crippen molar-refractivity contribution in [2.45, 2.75) is 25.1 Å². The summed E-state index contributed by atoms with van der Waals surface area (Å²) in [6.45, 7) is 2.92. The summed E-state index contributed by atoms with van der Waals surface area (Å²) in [6, 6.07) is 0. The van der Waals surface area contributed by atoms with Crippen LogP contribution in [0.5, 0.6) is 0 Å². The molecule has 5 heteroatoms. The lowest BCUT2D eigenvalue weighted by molar-refractivity contribution is 0.587. The van der Waals surface area contributed by atoms with Gasteiger partial charge in [-0.15, -0.1) is 11.6 Å². The lowest BCUT2D eigenvalue weighted by Crippen LogP contribution is -2.29. The first-order chi connectivity index (χ1) is 6.55. The van der Waals surface area contributed by atoms with Gasteiger partial charge in [0.1, 0.15) is 0 Å². The van der Waals surface area contributed by atoms with Gasteiger partial charge >= 0.3 is 0 Å². The monoisotopic (exact) mass is 239 g/mol. The van der Waals surface area contributed by atoms with Crippen LogP contribution in [0.4, 0.5) is 0 Å². The number of hydrogen-bond acceptors (Lipinski definition) is 3. The van der Waals surface area contributed by atoms with Crippen molar-refractivity contribution in [3.63, 3.8) is 0 Å². The molecule has 1 aliphatic carbocycles. The average molecular weight is 240 g/mol. The smallest absolute Gasteiger partial charge is 0.151 e. The van der Waals surface area contributed by atoms with Crippen molar-refractivity contribution in [3.8, 4) is 0 Å². The van der Waals surface area contributed by atoms with E-state index in [1.165, 1.54) is 12.8 Å². The van der Waals surface area contributed by atoms with Crippen LogP contribution < -0.4 is 5.32 Å². The molecule has 14 heavy (non-hydrogen) atoms. The van der Waals surface area contributed by atoms with Gasteiger partial charge in [0.2, 0.25) is 0 Å². The SMILES string of the molecule is CCS(=O)(=O)CCNCC(Cl)C1CC1. The van der Waals surface area contributed by atoms with E-state index in [-0.39, 0.29) is 16.9 Å². The Morgan fingerprint density at radius 1 is 1.50 bits per heavy atom. The Kier molecular flexibility index (Phi) is 4.67. The predicted octanol–water partition coefficient (Wildman–Crippen LogP) is 1.03. The van der Waals surface area contributed by atoms with Crippen LogP contribution in [0, 0.1) is 5.92 Å². The van der Waals surface area contributed by atoms with Gasteiger partial charge in [0.05, 0.1) is 5.75 Å². The van der Waals surface area contributed by atoms with Gasteiger partial charge in [-0.25, -0.2) is 8.42 Å². The van der Waals surface area contributed by atoms with Gasteiger partial charge < -0.3 is 5.32 Å². The summed E-state index contributed by atoms with van der Waals surface area (Å²) in [5, 5.41) is 3.27. The molecule has 1 rings (SSSR count). The van der Waals surface area contributed by atoms with Crippen molar-refractivity contribution in [2.24, 2.45) is 5.92 Å². The molecule has 1 aliphatic rings. The van der Waals surface area contributed by atoms with Crippen molar-refractivity contribution in [1.29, 1.82) is 0 Å². The molecule has 0 aromatic rings. The quantitative estimate of drug-likeness (QED) is 0.533. The highest BCUT2D eigenvalue weighted by atomic mass is 35.5. The molecular weight excluding hydrogens is 222 g/mol. The molecule has 3 nitrogen and oxygen atoms in total. The summed E-state index contributed by atoms with van der Waals surface area (Å²) in [5.74, 6) is 1.10. The fourth-order valence-electron chi connectivity index (χ4n) is 1.24. The molecule has 0 aliphatic heterocycles. The van der Waals surface area contributed by atoms with Gasteiger partial charge in [0.15, 0.2) is 9.84 Å². The fourth-order valence-corrected chi connectivity index (χ4v) is 2.34. The van der Waals surface area contributed by atoms with Gasteiger partial charge in [0, 0.05) is 24.2 Å². The van der Waals surface area contributed by atoms with Crippen LogP contribution in [0.3, 0.4) is 0 Å². The molecule has 0 aromatic carbocycles. The summed E-state index contributed by atoms with van der Waals surface area (Å²) in [4.78, 5) is 0. The molecule has 1 saturated carbocycles. The zero-order valence-corrected chi connectivity index (χ0v) is 10.1. The van der Waals surface area contributed by atoms with Crippen molar-refractivity contribution >= 4 is 21.4 Å². The maximum atomic E-state index is 11.1. The molecule has 0 spiro atoms. The minimum atomic E-state index is -2.83. The van der Waals surface area contributed by atoms with Crippen molar-refractivity contribution in [3.05, 3.63) is 0 Å². The third kappa shape index (κ3) is 4.62. The van der Waals surface area contributed by atoms with E-state index in [2.05, 4.69) is 5.32 Å². The first-order valence-electron chi connectivity index (χ1n) is 5.10. The van der Waals surface area contributed by atoms with E-state index in [1.807, 2.05) is 0 Å². The molecule has 0 bridgehead atoms. The molecule has 0 saturated heterocycles. The predicted molar refractivity (Wildman–Crippen MR) is 59.6 cm³/mol. The molecule has 1 N–H and O–H groups in total. The standard InChI is InChI=1S/C9H18ClNO2S/c1-2-14(12,13)6-5-11-7-9(10)8-3-4-8/h8-9,11H,2-7H2,1H3. The zero-order valence-electron chi connectivity index (χ0n) is 8.50. The number of alkyl halides is 1. The number of halogens is 1. The third-order valence-electron chi connectivity index (χ3n) is 2.50. The number of nitrogens with one attached hydrogen (secondary N) is 1. The second-order valence-corrected chi connectivity index (χ2v) is 6.83. The summed E-state index contributed by atoms with van der Waals surface area (Å²) >= 11 is 6.05. The summed E-state index contributed by atoms with van der Waals surface area (Å²) < 4.78 is 22.2. The van der Waals surface area contributed by atoms with Gasteiger partial charge in [-0.1, -0.05) is 6.92 Å². The van der Waals surface area contributed by atoms with Gasteiger partial charge in [-0.3, -0.25) is 0 Å². The van der Waals surface area contributed by atoms with E-state index in [4.69, 9.17) is 11.6 Å². The summed E-state index contributed by atoms with van der Waals surface area (Å²) in [7, 11) is -2.83. The molecule has 0 aromatic heterocycles. The van der Waals surface area contributed by atoms with E-state index >= 15 is 0 Å². The number of hydrogen-bond donors (Lipinski definition) is 1. The highest BCUT2D eigenvalue weighted by Crippen LogP contribution is 2.35. The van der Waals surface area contributed by atoms with Gasteiger partial charge in [-0.05, 0) is 18.8 Å². The largest absolute Gasteiger partial charge is 0.314 e. The van der Waals surface area contributed by atoms with E-state index in [0.29, 0.717) is 12.5 Å². The summed E-state index contributed by atoms with van der Waals surface area (Å²) in [5.41, 5.74) is 0. The lowest BCUT2D eigenvalue weighted by Gasteiger charge is -2.09. The topological polar surface area (TPSA) is 46.2 Å². The first-order valence-corrected chi connectivity index (χ1v) is 7.36. The second kappa shape index (κ2) is 5.33. The van der Waals surface area contributed by atoms with E-state index < -0.39 is 9.84 Å². The minimum Gasteiger partial charge on any atom is -0.314 e. The number of rotatable bonds is 7. The molecule has 0 amide bonds. The molecule has 1 unspecified atom stereocenters. The highest BCUT2D eigenvalue weighted by molar-refractivity contribution is 7.91. The van der Waals surface area contributed by atoms with E-state index in [9.17, 15) is 8.42 Å². The first kappa shape index (κ1) is 12.3. The Bertz CT molecular complexity index is 262. The maximum Gasteiger partial charge on any atom is 0.151 e. The second-order valence-electron chi connectivity index (χ2n) is 3.79. The lowest BCUT2D eigenvalue weighted by atomic mass is 10.3. The van der Waals surface area contributed by atoms with Crippen LogP contribution in [-0.4, -0.2) is 38.4 Å². The van der Waals surface area contributed by atoms with Crippen LogP contribution in [0.15, 0.2) is 0 Å². The molecule has 84 valence electrons. The summed E-state index contributed by atoms with van der Waals surface area (Å²) in [6.07, 6.45) is 2.45. The third-order valence-corrected chi connectivity index (χ3v) is 4.72. The van der Waals surface area contributed by atoms with Crippen LogP contribution in [0.2, 0.25) is 0 Å². The highest BCUT2D eigenvalue weighted by Gasteiger charge is 2.29. The molecule has 0 radical (unpaired) electrons.